The average molecular weight is 418 g/mol. The molecule has 0 saturated heterocycles. The molecular weight excluding hydrogens is 366 g/mol. The van der Waals surface area contributed by atoms with E-state index < -0.39 is 0 Å². The minimum absolute atomic E-state index is 1.02. The fraction of sp³-hybridized carbons (Fsp3) is 0.786. The van der Waals surface area contributed by atoms with Gasteiger partial charge in [-0.05, 0) is 32.0 Å². The SMILES string of the molecule is CCCCCCCCCCN(CCCCCCCCCC)Cc1ccccc1OC. The first kappa shape index (κ1) is 27.0. The summed E-state index contributed by atoms with van der Waals surface area (Å²) in [6.07, 6.45) is 22.3. The van der Waals surface area contributed by atoms with Crippen molar-refractivity contribution in [1.29, 1.82) is 0 Å². The van der Waals surface area contributed by atoms with Crippen LogP contribution in [0.5, 0.6) is 5.75 Å². The molecule has 2 nitrogen and oxygen atoms in total. The Bertz CT molecular complexity index is 467. The van der Waals surface area contributed by atoms with Gasteiger partial charge in [-0.2, -0.15) is 0 Å². The fourth-order valence-electron chi connectivity index (χ4n) is 4.28. The Kier molecular flexibility index (Phi) is 17.9. The van der Waals surface area contributed by atoms with E-state index >= 15 is 0 Å². The number of hydrogen-bond donors (Lipinski definition) is 0. The summed E-state index contributed by atoms with van der Waals surface area (Å²) in [6.45, 7) is 8.07. The Morgan fingerprint density at radius 1 is 0.600 bits per heavy atom. The third-order valence-corrected chi connectivity index (χ3v) is 6.24. The number of methoxy groups -OCH3 is 1. The molecule has 1 aromatic rings. The van der Waals surface area contributed by atoms with E-state index in [0.717, 1.165) is 12.3 Å². The van der Waals surface area contributed by atoms with Gasteiger partial charge in [-0.3, -0.25) is 4.90 Å². The number of rotatable bonds is 21. The van der Waals surface area contributed by atoms with Crippen LogP contribution in [0, 0.1) is 0 Å². The van der Waals surface area contributed by atoms with Crippen molar-refractivity contribution in [2.75, 3.05) is 20.2 Å². The molecule has 0 aromatic heterocycles. The van der Waals surface area contributed by atoms with Gasteiger partial charge in [-0.25, -0.2) is 0 Å². The summed E-state index contributed by atoms with van der Waals surface area (Å²) in [4.78, 5) is 2.67. The van der Waals surface area contributed by atoms with Gasteiger partial charge in [0.25, 0.3) is 0 Å². The summed E-state index contributed by atoms with van der Waals surface area (Å²) in [5, 5.41) is 0. The molecule has 0 aliphatic heterocycles. The second-order valence-corrected chi connectivity index (χ2v) is 9.04. The molecule has 1 rings (SSSR count). The first-order chi connectivity index (χ1) is 14.8. The van der Waals surface area contributed by atoms with Crippen molar-refractivity contribution in [2.45, 2.75) is 123 Å². The van der Waals surface area contributed by atoms with Gasteiger partial charge < -0.3 is 4.74 Å². The van der Waals surface area contributed by atoms with Crippen LogP contribution in [-0.4, -0.2) is 25.1 Å². The molecule has 0 saturated carbocycles. The first-order valence-electron chi connectivity index (χ1n) is 13.2. The molecule has 1 aromatic carbocycles. The van der Waals surface area contributed by atoms with Gasteiger partial charge in [0.1, 0.15) is 5.75 Å². The van der Waals surface area contributed by atoms with Crippen LogP contribution in [0.2, 0.25) is 0 Å². The summed E-state index contributed by atoms with van der Waals surface area (Å²) in [7, 11) is 1.79. The van der Waals surface area contributed by atoms with E-state index in [4.69, 9.17) is 4.74 Å². The lowest BCUT2D eigenvalue weighted by atomic mass is 10.1. The van der Waals surface area contributed by atoms with Crippen LogP contribution in [0.3, 0.4) is 0 Å². The Balaban J connectivity index is 2.32. The first-order valence-corrected chi connectivity index (χ1v) is 13.2. The van der Waals surface area contributed by atoms with Crippen LogP contribution in [-0.2, 0) is 6.54 Å². The van der Waals surface area contributed by atoms with E-state index in [1.54, 1.807) is 7.11 Å². The predicted octanol–water partition coefficient (Wildman–Crippen LogP) is 8.78. The molecule has 30 heavy (non-hydrogen) atoms. The van der Waals surface area contributed by atoms with Crippen molar-refractivity contribution >= 4 is 0 Å². The summed E-state index contributed by atoms with van der Waals surface area (Å²) < 4.78 is 5.60. The molecule has 0 atom stereocenters. The molecule has 0 unspecified atom stereocenters. The number of para-hydroxylation sites is 1. The van der Waals surface area contributed by atoms with E-state index in [0.29, 0.717) is 0 Å². The van der Waals surface area contributed by atoms with Crippen molar-refractivity contribution in [2.24, 2.45) is 0 Å². The van der Waals surface area contributed by atoms with E-state index in [1.165, 1.54) is 121 Å². The highest BCUT2D eigenvalue weighted by Gasteiger charge is 2.09. The summed E-state index contributed by atoms with van der Waals surface area (Å²) in [5.74, 6) is 1.04. The zero-order chi connectivity index (χ0) is 21.7. The average Bonchev–Trinajstić information content (AvgIpc) is 2.77. The van der Waals surface area contributed by atoms with Crippen LogP contribution >= 0.6 is 0 Å². The predicted molar refractivity (Wildman–Crippen MR) is 133 cm³/mol. The van der Waals surface area contributed by atoms with Crippen molar-refractivity contribution in [1.82, 2.24) is 4.90 Å². The van der Waals surface area contributed by atoms with E-state index in [9.17, 15) is 0 Å². The van der Waals surface area contributed by atoms with Crippen molar-refractivity contribution in [3.63, 3.8) is 0 Å². The van der Waals surface area contributed by atoms with E-state index in [2.05, 4.69) is 43.0 Å². The molecular formula is C28H51NO. The molecule has 0 aliphatic carbocycles. The van der Waals surface area contributed by atoms with Gasteiger partial charge in [0, 0.05) is 12.1 Å². The quantitative estimate of drug-likeness (QED) is 0.185. The maximum Gasteiger partial charge on any atom is 0.123 e. The highest BCUT2D eigenvalue weighted by molar-refractivity contribution is 5.33. The van der Waals surface area contributed by atoms with Gasteiger partial charge in [-0.15, -0.1) is 0 Å². The Hall–Kier alpha value is -1.02. The molecule has 0 spiro atoms. The number of hydrogen-bond acceptors (Lipinski definition) is 2. The van der Waals surface area contributed by atoms with Gasteiger partial charge >= 0.3 is 0 Å². The lowest BCUT2D eigenvalue weighted by molar-refractivity contribution is 0.248. The zero-order valence-corrected chi connectivity index (χ0v) is 20.6. The third-order valence-electron chi connectivity index (χ3n) is 6.24. The zero-order valence-electron chi connectivity index (χ0n) is 20.6. The van der Waals surface area contributed by atoms with Gasteiger partial charge in [-0.1, -0.05) is 122 Å². The van der Waals surface area contributed by atoms with Crippen molar-refractivity contribution in [3.8, 4) is 5.75 Å². The normalized spacial score (nSPS) is 11.3. The van der Waals surface area contributed by atoms with Crippen LogP contribution in [0.4, 0.5) is 0 Å². The molecule has 0 radical (unpaired) electrons. The molecule has 0 heterocycles. The molecule has 0 amide bonds. The highest BCUT2D eigenvalue weighted by Crippen LogP contribution is 2.20. The van der Waals surface area contributed by atoms with Crippen LogP contribution in [0.25, 0.3) is 0 Å². The van der Waals surface area contributed by atoms with E-state index in [-0.39, 0.29) is 0 Å². The number of ether oxygens (including phenoxy) is 1. The lowest BCUT2D eigenvalue weighted by Gasteiger charge is -2.23. The monoisotopic (exact) mass is 417 g/mol. The smallest absolute Gasteiger partial charge is 0.123 e. The standard InChI is InChI=1S/C28H51NO/c1-4-6-8-10-12-14-16-20-24-29(25-21-17-15-13-11-9-7-5-2)26-27-22-18-19-23-28(27)30-3/h18-19,22-23H,4-17,20-21,24-26H2,1-3H3. The Morgan fingerprint density at radius 3 is 1.50 bits per heavy atom. The molecule has 0 N–H and O–H groups in total. The molecule has 0 fully saturated rings. The molecule has 0 aliphatic rings. The van der Waals surface area contributed by atoms with E-state index in [1.807, 2.05) is 0 Å². The van der Waals surface area contributed by atoms with Gasteiger partial charge in [0.05, 0.1) is 7.11 Å². The second-order valence-electron chi connectivity index (χ2n) is 9.04. The molecule has 0 bridgehead atoms. The largest absolute Gasteiger partial charge is 0.496 e. The number of unbranched alkanes of at least 4 members (excludes halogenated alkanes) is 14. The number of nitrogens with zero attached hydrogens (tertiary/aromatic N) is 1. The third kappa shape index (κ3) is 14.1. The highest BCUT2D eigenvalue weighted by atomic mass is 16.5. The maximum absolute atomic E-state index is 5.60. The lowest BCUT2D eigenvalue weighted by Crippen LogP contribution is -2.26. The van der Waals surface area contributed by atoms with Crippen LogP contribution in [0.1, 0.15) is 122 Å². The summed E-state index contributed by atoms with van der Waals surface area (Å²) >= 11 is 0. The Labute approximate surface area is 188 Å². The van der Waals surface area contributed by atoms with Gasteiger partial charge in [0.2, 0.25) is 0 Å². The van der Waals surface area contributed by atoms with Crippen LogP contribution in [0.15, 0.2) is 24.3 Å². The van der Waals surface area contributed by atoms with Crippen LogP contribution < -0.4 is 4.74 Å². The van der Waals surface area contributed by atoms with Gasteiger partial charge in [0.15, 0.2) is 0 Å². The summed E-state index contributed by atoms with van der Waals surface area (Å²) in [6, 6.07) is 8.54. The Morgan fingerprint density at radius 2 is 1.03 bits per heavy atom. The molecule has 174 valence electrons. The maximum atomic E-state index is 5.60. The second kappa shape index (κ2) is 19.9. The van der Waals surface area contributed by atoms with Crippen molar-refractivity contribution in [3.05, 3.63) is 29.8 Å². The van der Waals surface area contributed by atoms with Crippen molar-refractivity contribution < 1.29 is 4.74 Å². The molecule has 2 heteroatoms. The topological polar surface area (TPSA) is 12.5 Å². The minimum Gasteiger partial charge on any atom is -0.496 e. The summed E-state index contributed by atoms with van der Waals surface area (Å²) in [5.41, 5.74) is 1.33. The number of benzene rings is 1. The minimum atomic E-state index is 1.02. The fourth-order valence-corrected chi connectivity index (χ4v) is 4.28.